The number of amides is 1. The van der Waals surface area contributed by atoms with Crippen molar-refractivity contribution < 1.29 is 4.79 Å². The van der Waals surface area contributed by atoms with Crippen molar-refractivity contribution in [2.75, 3.05) is 5.32 Å². The summed E-state index contributed by atoms with van der Waals surface area (Å²) < 4.78 is 0. The van der Waals surface area contributed by atoms with Gasteiger partial charge in [0.1, 0.15) is 5.69 Å². The third kappa shape index (κ3) is 3.62. The van der Waals surface area contributed by atoms with Gasteiger partial charge >= 0.3 is 0 Å². The molecule has 0 aliphatic rings. The van der Waals surface area contributed by atoms with Crippen molar-refractivity contribution in [1.29, 1.82) is 0 Å². The molecule has 1 aromatic heterocycles. The minimum absolute atomic E-state index is 0.101. The van der Waals surface area contributed by atoms with Crippen LogP contribution in [0.4, 0.5) is 17.1 Å². The summed E-state index contributed by atoms with van der Waals surface area (Å²) in [6.07, 6.45) is 0. The van der Waals surface area contributed by atoms with Crippen LogP contribution in [0.2, 0.25) is 0 Å². The number of aromatic nitrogens is 1. The van der Waals surface area contributed by atoms with Crippen molar-refractivity contribution in [2.45, 2.75) is 6.92 Å². The third-order valence-electron chi connectivity index (χ3n) is 4.19. The molecule has 0 bridgehead atoms. The van der Waals surface area contributed by atoms with Gasteiger partial charge in [0.15, 0.2) is 0 Å². The van der Waals surface area contributed by atoms with Gasteiger partial charge in [0.05, 0.1) is 11.4 Å². The average molecular weight is 354 g/mol. The lowest BCUT2D eigenvalue weighted by Crippen LogP contribution is -2.04. The van der Waals surface area contributed by atoms with Crippen LogP contribution >= 0.6 is 0 Å². The lowest BCUT2D eigenvalue weighted by Gasteiger charge is -2.02. The monoisotopic (exact) mass is 354 g/mol. The normalized spacial score (nSPS) is 11.1. The number of hydrogen-bond acceptors (Lipinski definition) is 3. The molecular weight excluding hydrogens is 336 g/mol. The Bertz CT molecular complexity index is 1110. The van der Waals surface area contributed by atoms with Crippen LogP contribution in [0.5, 0.6) is 0 Å². The number of H-pyrrole nitrogens is 1. The van der Waals surface area contributed by atoms with E-state index in [2.05, 4.69) is 20.5 Å². The van der Waals surface area contributed by atoms with Crippen molar-refractivity contribution in [3.8, 4) is 11.3 Å². The molecule has 27 heavy (non-hydrogen) atoms. The lowest BCUT2D eigenvalue weighted by atomic mass is 10.1. The number of benzene rings is 3. The van der Waals surface area contributed by atoms with Crippen LogP contribution < -0.4 is 5.32 Å². The van der Waals surface area contributed by atoms with E-state index >= 15 is 0 Å². The van der Waals surface area contributed by atoms with Crippen molar-refractivity contribution in [1.82, 2.24) is 4.98 Å². The second-order valence-corrected chi connectivity index (χ2v) is 6.19. The predicted octanol–water partition coefficient (Wildman–Crippen LogP) is 6.21. The van der Waals surface area contributed by atoms with E-state index in [0.29, 0.717) is 5.69 Å². The average Bonchev–Trinajstić information content (AvgIpc) is 3.06. The highest BCUT2D eigenvalue weighted by molar-refractivity contribution is 5.99. The Labute approximate surface area is 156 Å². The standard InChI is InChI=1S/C22H18N4O/c1-15(27)23-17-11-13-18(14-12-17)25-26-22-19-9-5-6-10-20(19)24-21(22)16-7-3-2-4-8-16/h2-14,24H,1H3,(H,23,27). The number of azo groups is 1. The first-order chi connectivity index (χ1) is 13.2. The van der Waals surface area contributed by atoms with Gasteiger partial charge in [0, 0.05) is 29.1 Å². The molecule has 5 heteroatoms. The van der Waals surface area contributed by atoms with Crippen LogP contribution in [-0.4, -0.2) is 10.9 Å². The number of carbonyl (C=O) groups excluding carboxylic acids is 1. The molecule has 0 radical (unpaired) electrons. The molecule has 3 aromatic carbocycles. The molecule has 5 nitrogen and oxygen atoms in total. The van der Waals surface area contributed by atoms with Gasteiger partial charge in [-0.15, -0.1) is 5.11 Å². The highest BCUT2D eigenvalue weighted by Gasteiger charge is 2.12. The largest absolute Gasteiger partial charge is 0.353 e. The molecule has 2 N–H and O–H groups in total. The second-order valence-electron chi connectivity index (χ2n) is 6.19. The van der Waals surface area contributed by atoms with Crippen molar-refractivity contribution >= 4 is 33.9 Å². The van der Waals surface area contributed by atoms with E-state index in [4.69, 9.17) is 0 Å². The Morgan fingerprint density at radius 1 is 0.852 bits per heavy atom. The molecule has 0 spiro atoms. The summed E-state index contributed by atoms with van der Waals surface area (Å²) in [4.78, 5) is 14.6. The zero-order chi connectivity index (χ0) is 18.6. The quantitative estimate of drug-likeness (QED) is 0.420. The van der Waals surface area contributed by atoms with E-state index < -0.39 is 0 Å². The van der Waals surface area contributed by atoms with Gasteiger partial charge in [-0.2, -0.15) is 5.11 Å². The first-order valence-corrected chi connectivity index (χ1v) is 8.66. The molecule has 0 saturated carbocycles. The summed E-state index contributed by atoms with van der Waals surface area (Å²) >= 11 is 0. The number of para-hydroxylation sites is 1. The predicted molar refractivity (Wildman–Crippen MR) is 109 cm³/mol. The van der Waals surface area contributed by atoms with Crippen LogP contribution in [0, 0.1) is 0 Å². The SMILES string of the molecule is CC(=O)Nc1ccc(N=Nc2c(-c3ccccc3)[nH]c3ccccc23)cc1. The van der Waals surface area contributed by atoms with E-state index in [9.17, 15) is 4.79 Å². The van der Waals surface area contributed by atoms with Crippen molar-refractivity contribution in [3.05, 3.63) is 78.9 Å². The molecule has 0 fully saturated rings. The Balaban J connectivity index is 1.72. The topological polar surface area (TPSA) is 69.6 Å². The highest BCUT2D eigenvalue weighted by Crippen LogP contribution is 2.38. The molecular formula is C22H18N4O. The summed E-state index contributed by atoms with van der Waals surface area (Å²) in [5.41, 5.74) is 5.28. The number of nitrogens with zero attached hydrogens (tertiary/aromatic N) is 2. The zero-order valence-corrected chi connectivity index (χ0v) is 14.8. The van der Waals surface area contributed by atoms with E-state index in [0.717, 1.165) is 33.5 Å². The van der Waals surface area contributed by atoms with Crippen LogP contribution in [0.15, 0.2) is 89.1 Å². The molecule has 4 rings (SSSR count). The van der Waals surface area contributed by atoms with Gasteiger partial charge in [0.25, 0.3) is 0 Å². The molecule has 1 heterocycles. The third-order valence-corrected chi connectivity index (χ3v) is 4.19. The smallest absolute Gasteiger partial charge is 0.221 e. The molecule has 1 amide bonds. The second kappa shape index (κ2) is 7.25. The maximum atomic E-state index is 11.1. The number of anilines is 1. The van der Waals surface area contributed by atoms with Gasteiger partial charge in [-0.25, -0.2) is 0 Å². The highest BCUT2D eigenvalue weighted by atomic mass is 16.1. The fraction of sp³-hybridized carbons (Fsp3) is 0.0455. The molecule has 0 unspecified atom stereocenters. The maximum Gasteiger partial charge on any atom is 0.221 e. The Morgan fingerprint density at radius 2 is 1.56 bits per heavy atom. The number of nitrogens with one attached hydrogen (secondary N) is 2. The first-order valence-electron chi connectivity index (χ1n) is 8.66. The van der Waals surface area contributed by atoms with E-state index in [-0.39, 0.29) is 5.91 Å². The fourth-order valence-electron chi connectivity index (χ4n) is 2.97. The van der Waals surface area contributed by atoms with Gasteiger partial charge in [0.2, 0.25) is 5.91 Å². The Hall–Kier alpha value is -3.73. The molecule has 0 aliphatic heterocycles. The summed E-state index contributed by atoms with van der Waals surface area (Å²) in [6, 6.07) is 25.4. The van der Waals surface area contributed by atoms with E-state index in [1.54, 1.807) is 0 Å². The van der Waals surface area contributed by atoms with E-state index in [1.165, 1.54) is 6.92 Å². The number of rotatable bonds is 4. The minimum Gasteiger partial charge on any atom is -0.353 e. The minimum atomic E-state index is -0.101. The Kier molecular flexibility index (Phi) is 4.49. The molecule has 132 valence electrons. The molecule has 0 saturated heterocycles. The number of fused-ring (bicyclic) bond motifs is 1. The van der Waals surface area contributed by atoms with Gasteiger partial charge in [-0.3, -0.25) is 4.79 Å². The summed E-state index contributed by atoms with van der Waals surface area (Å²) in [5, 5.41) is 12.7. The number of carbonyl (C=O) groups is 1. The summed E-state index contributed by atoms with van der Waals surface area (Å²) in [6.45, 7) is 1.48. The zero-order valence-electron chi connectivity index (χ0n) is 14.8. The number of hydrogen-bond donors (Lipinski definition) is 2. The van der Waals surface area contributed by atoms with Gasteiger partial charge in [-0.05, 0) is 30.3 Å². The first kappa shape index (κ1) is 16.7. The van der Waals surface area contributed by atoms with Crippen LogP contribution in [-0.2, 0) is 4.79 Å². The molecule has 4 aromatic rings. The lowest BCUT2D eigenvalue weighted by molar-refractivity contribution is -0.114. The van der Waals surface area contributed by atoms with Crippen LogP contribution in [0.25, 0.3) is 22.2 Å². The van der Waals surface area contributed by atoms with Crippen molar-refractivity contribution in [3.63, 3.8) is 0 Å². The van der Waals surface area contributed by atoms with Crippen LogP contribution in [0.1, 0.15) is 6.92 Å². The fourth-order valence-corrected chi connectivity index (χ4v) is 2.97. The maximum absolute atomic E-state index is 11.1. The molecule has 0 aliphatic carbocycles. The summed E-state index contributed by atoms with van der Waals surface area (Å²) in [7, 11) is 0. The van der Waals surface area contributed by atoms with E-state index in [1.807, 2.05) is 78.9 Å². The Morgan fingerprint density at radius 3 is 2.30 bits per heavy atom. The van der Waals surface area contributed by atoms with Gasteiger partial charge in [-0.1, -0.05) is 48.5 Å². The van der Waals surface area contributed by atoms with Gasteiger partial charge < -0.3 is 10.3 Å². The summed E-state index contributed by atoms with van der Waals surface area (Å²) in [5.74, 6) is -0.101. The van der Waals surface area contributed by atoms with Crippen LogP contribution in [0.3, 0.4) is 0 Å². The number of aromatic amines is 1. The molecule has 0 atom stereocenters. The van der Waals surface area contributed by atoms with Crippen molar-refractivity contribution in [2.24, 2.45) is 10.2 Å².